The number of aromatic nitrogens is 4. The van der Waals surface area contributed by atoms with E-state index in [4.69, 9.17) is 5.73 Å². The number of hydrogen-bond donors (Lipinski definition) is 2. The highest BCUT2D eigenvalue weighted by Crippen LogP contribution is 2.23. The number of nitrogen functional groups attached to an aromatic ring is 1. The molecular formula is C19H16N6S. The number of benzene rings is 2. The zero-order chi connectivity index (χ0) is 17.8. The average Bonchev–Trinajstić information content (AvgIpc) is 2.67. The molecule has 0 saturated heterocycles. The molecule has 0 fully saturated rings. The van der Waals surface area contributed by atoms with Crippen LogP contribution < -0.4 is 11.1 Å². The van der Waals surface area contributed by atoms with Gasteiger partial charge in [0.05, 0.1) is 16.3 Å². The Bertz CT molecular complexity index is 1040. The molecule has 0 atom stereocenters. The molecule has 0 radical (unpaired) electrons. The van der Waals surface area contributed by atoms with Gasteiger partial charge in [-0.25, -0.2) is 4.98 Å². The lowest BCUT2D eigenvalue weighted by Crippen LogP contribution is -2.06. The van der Waals surface area contributed by atoms with Gasteiger partial charge in [-0.15, -0.1) is 0 Å². The first-order valence-corrected chi connectivity index (χ1v) is 9.06. The maximum atomic E-state index is 5.83. The number of pyridine rings is 1. The molecular weight excluding hydrogens is 344 g/mol. The molecule has 3 N–H and O–H groups in total. The lowest BCUT2D eigenvalue weighted by molar-refractivity contribution is 0.980. The summed E-state index contributed by atoms with van der Waals surface area (Å²) in [6.07, 6.45) is 0. The van der Waals surface area contributed by atoms with Crippen molar-refractivity contribution in [1.29, 1.82) is 0 Å². The molecule has 26 heavy (non-hydrogen) atoms. The normalized spacial score (nSPS) is 10.8. The highest BCUT2D eigenvalue weighted by atomic mass is 32.2. The molecule has 0 aliphatic carbocycles. The Morgan fingerprint density at radius 1 is 0.808 bits per heavy atom. The first-order chi connectivity index (χ1) is 12.8. The summed E-state index contributed by atoms with van der Waals surface area (Å²) in [5, 5.41) is 5.18. The molecule has 6 nitrogen and oxygen atoms in total. The summed E-state index contributed by atoms with van der Waals surface area (Å²) < 4.78 is 0. The van der Waals surface area contributed by atoms with Gasteiger partial charge in [0.15, 0.2) is 0 Å². The number of anilines is 3. The van der Waals surface area contributed by atoms with Crippen LogP contribution in [0.4, 0.5) is 17.6 Å². The molecule has 0 unspecified atom stereocenters. The number of hydrogen-bond acceptors (Lipinski definition) is 7. The second-order valence-electron chi connectivity index (χ2n) is 5.56. The van der Waals surface area contributed by atoms with Gasteiger partial charge in [0.2, 0.25) is 11.9 Å². The number of thioether (sulfide) groups is 1. The monoisotopic (exact) mass is 360 g/mol. The van der Waals surface area contributed by atoms with Crippen molar-refractivity contribution in [3.8, 4) is 0 Å². The van der Waals surface area contributed by atoms with Crippen LogP contribution in [0.2, 0.25) is 0 Å². The third-order valence-electron chi connectivity index (χ3n) is 3.65. The molecule has 128 valence electrons. The topological polar surface area (TPSA) is 89.6 Å². The predicted octanol–water partition coefficient (Wildman–Crippen LogP) is 4.04. The molecule has 4 rings (SSSR count). The summed E-state index contributed by atoms with van der Waals surface area (Å²) in [5.74, 6) is 1.80. The number of rotatable bonds is 5. The Hall–Kier alpha value is -3.19. The third-order valence-corrected chi connectivity index (χ3v) is 4.58. The molecule has 0 saturated carbocycles. The molecule has 2 heterocycles. The molecule has 0 aliphatic rings. The van der Waals surface area contributed by atoms with E-state index in [0.29, 0.717) is 17.5 Å². The average molecular weight is 360 g/mol. The third kappa shape index (κ3) is 3.89. The molecule has 2 aromatic carbocycles. The van der Waals surface area contributed by atoms with E-state index < -0.39 is 0 Å². The first kappa shape index (κ1) is 16.3. The second kappa shape index (κ2) is 7.37. The largest absolute Gasteiger partial charge is 0.368 e. The van der Waals surface area contributed by atoms with Crippen LogP contribution in [-0.2, 0) is 5.75 Å². The van der Waals surface area contributed by atoms with E-state index in [1.807, 2.05) is 60.7 Å². The van der Waals surface area contributed by atoms with Crippen molar-refractivity contribution in [2.24, 2.45) is 0 Å². The number of nitrogens with two attached hydrogens (primary N) is 1. The molecule has 0 bridgehead atoms. The first-order valence-electron chi connectivity index (χ1n) is 8.07. The van der Waals surface area contributed by atoms with Crippen LogP contribution in [0.3, 0.4) is 0 Å². The fourth-order valence-corrected chi connectivity index (χ4v) is 3.21. The van der Waals surface area contributed by atoms with Gasteiger partial charge in [0.25, 0.3) is 0 Å². The van der Waals surface area contributed by atoms with Crippen LogP contribution in [0.1, 0.15) is 5.82 Å². The van der Waals surface area contributed by atoms with Gasteiger partial charge in [0.1, 0.15) is 5.82 Å². The van der Waals surface area contributed by atoms with Crippen molar-refractivity contribution in [3.63, 3.8) is 0 Å². The van der Waals surface area contributed by atoms with Crippen molar-refractivity contribution >= 4 is 40.2 Å². The molecule has 7 heteroatoms. The standard InChI is InChI=1S/C19H16N6S/c20-18-23-16(24-19(25-18)21-14-7-2-1-3-8-14)12-26-17-11-10-13-6-4-5-9-15(13)22-17/h1-11H,12H2,(H3,20,21,23,24,25). The van der Waals surface area contributed by atoms with Gasteiger partial charge in [-0.05, 0) is 24.3 Å². The van der Waals surface area contributed by atoms with Crippen molar-refractivity contribution in [2.75, 3.05) is 11.1 Å². The van der Waals surface area contributed by atoms with Crippen molar-refractivity contribution in [3.05, 3.63) is 72.6 Å². The molecule has 0 aliphatic heterocycles. The van der Waals surface area contributed by atoms with E-state index in [1.165, 1.54) is 0 Å². The van der Waals surface area contributed by atoms with Crippen LogP contribution in [0.5, 0.6) is 0 Å². The van der Waals surface area contributed by atoms with Gasteiger partial charge < -0.3 is 11.1 Å². The van der Waals surface area contributed by atoms with Crippen LogP contribution in [0, 0.1) is 0 Å². The van der Waals surface area contributed by atoms with Crippen LogP contribution >= 0.6 is 11.8 Å². The molecule has 4 aromatic rings. The SMILES string of the molecule is Nc1nc(CSc2ccc3ccccc3n2)nc(Nc2ccccc2)n1. The van der Waals surface area contributed by atoms with E-state index in [1.54, 1.807) is 11.8 Å². The van der Waals surface area contributed by atoms with Crippen molar-refractivity contribution in [2.45, 2.75) is 10.8 Å². The Kier molecular flexibility index (Phi) is 4.61. The lowest BCUT2D eigenvalue weighted by atomic mass is 10.2. The van der Waals surface area contributed by atoms with Gasteiger partial charge in [-0.1, -0.05) is 54.2 Å². The predicted molar refractivity (Wildman–Crippen MR) is 105 cm³/mol. The lowest BCUT2D eigenvalue weighted by Gasteiger charge is -2.07. The Labute approximate surface area is 154 Å². The van der Waals surface area contributed by atoms with Gasteiger partial charge in [-0.3, -0.25) is 0 Å². The fourth-order valence-electron chi connectivity index (χ4n) is 2.48. The zero-order valence-corrected chi connectivity index (χ0v) is 14.6. The summed E-state index contributed by atoms with van der Waals surface area (Å²) >= 11 is 1.56. The maximum Gasteiger partial charge on any atom is 0.232 e. The van der Waals surface area contributed by atoms with Crippen LogP contribution in [0.25, 0.3) is 10.9 Å². The number of nitrogens with zero attached hydrogens (tertiary/aromatic N) is 4. The highest BCUT2D eigenvalue weighted by molar-refractivity contribution is 7.98. The Balaban J connectivity index is 1.50. The van der Waals surface area contributed by atoms with E-state index in [2.05, 4.69) is 31.3 Å². The fraction of sp³-hybridized carbons (Fsp3) is 0.0526. The summed E-state index contributed by atoms with van der Waals surface area (Å²) in [7, 11) is 0. The van der Waals surface area contributed by atoms with Crippen molar-refractivity contribution in [1.82, 2.24) is 19.9 Å². The number of fused-ring (bicyclic) bond motifs is 1. The number of nitrogens with one attached hydrogen (secondary N) is 1. The summed E-state index contributed by atoms with van der Waals surface area (Å²) in [4.78, 5) is 17.5. The summed E-state index contributed by atoms with van der Waals surface area (Å²) in [6.45, 7) is 0. The van der Waals surface area contributed by atoms with Gasteiger partial charge >= 0.3 is 0 Å². The zero-order valence-electron chi connectivity index (χ0n) is 13.8. The van der Waals surface area contributed by atoms with E-state index in [0.717, 1.165) is 21.6 Å². The highest BCUT2D eigenvalue weighted by Gasteiger charge is 2.07. The summed E-state index contributed by atoms with van der Waals surface area (Å²) in [5.41, 5.74) is 7.70. The minimum atomic E-state index is 0.195. The van der Waals surface area contributed by atoms with Gasteiger partial charge in [0, 0.05) is 11.1 Å². The van der Waals surface area contributed by atoms with Crippen molar-refractivity contribution < 1.29 is 0 Å². The maximum absolute atomic E-state index is 5.83. The second-order valence-corrected chi connectivity index (χ2v) is 6.55. The quantitative estimate of drug-likeness (QED) is 0.519. The molecule has 2 aromatic heterocycles. The molecule has 0 spiro atoms. The number of para-hydroxylation sites is 2. The summed E-state index contributed by atoms with van der Waals surface area (Å²) in [6, 6.07) is 21.8. The van der Waals surface area contributed by atoms with Gasteiger partial charge in [-0.2, -0.15) is 15.0 Å². The van der Waals surface area contributed by atoms with E-state index in [9.17, 15) is 0 Å². The minimum absolute atomic E-state index is 0.195. The minimum Gasteiger partial charge on any atom is -0.368 e. The Morgan fingerprint density at radius 2 is 1.62 bits per heavy atom. The molecule has 0 amide bonds. The van der Waals surface area contributed by atoms with Crippen LogP contribution in [-0.4, -0.2) is 19.9 Å². The van der Waals surface area contributed by atoms with Crippen LogP contribution in [0.15, 0.2) is 71.8 Å². The van der Waals surface area contributed by atoms with E-state index >= 15 is 0 Å². The smallest absolute Gasteiger partial charge is 0.232 e. The Morgan fingerprint density at radius 3 is 2.50 bits per heavy atom. The van der Waals surface area contributed by atoms with E-state index in [-0.39, 0.29) is 5.95 Å².